The highest BCUT2D eigenvalue weighted by atomic mass is 16.2. The molecule has 0 saturated carbocycles. The number of carbonyl (C=O) groups excluding carboxylic acids is 3. The minimum atomic E-state index is -0.750. The summed E-state index contributed by atoms with van der Waals surface area (Å²) in [6.07, 6.45) is 1.94. The van der Waals surface area contributed by atoms with Crippen molar-refractivity contribution >= 4 is 17.7 Å². The average molecular weight is 211 g/mol. The van der Waals surface area contributed by atoms with Crippen molar-refractivity contribution in [2.45, 2.75) is 12.8 Å². The predicted molar refractivity (Wildman–Crippen MR) is 52.2 cm³/mol. The molecule has 82 valence electrons. The van der Waals surface area contributed by atoms with Gasteiger partial charge in [0, 0.05) is 13.0 Å². The molecule has 0 aliphatic carbocycles. The molecule has 0 unspecified atom stereocenters. The van der Waals surface area contributed by atoms with Crippen LogP contribution in [0.4, 0.5) is 0 Å². The fourth-order valence-corrected chi connectivity index (χ4v) is 1.23. The fraction of sp³-hybridized carbons (Fsp3) is 0.444. The van der Waals surface area contributed by atoms with Crippen LogP contribution in [0.1, 0.15) is 12.8 Å². The van der Waals surface area contributed by atoms with Crippen molar-refractivity contribution < 1.29 is 14.4 Å². The third-order valence-corrected chi connectivity index (χ3v) is 2.05. The third kappa shape index (κ3) is 3.08. The second-order valence-corrected chi connectivity index (χ2v) is 3.16. The maximum Gasteiger partial charge on any atom is 0.251 e. The van der Waals surface area contributed by atoms with E-state index in [4.69, 9.17) is 0 Å². The Morgan fingerprint density at radius 3 is 2.53 bits per heavy atom. The molecule has 0 aromatic carbocycles. The average Bonchev–Trinajstić information content (AvgIpc) is 2.53. The highest BCUT2D eigenvalue weighted by molar-refractivity contribution is 6.05. The Morgan fingerprint density at radius 1 is 1.40 bits per heavy atom. The molecule has 1 saturated heterocycles. The van der Waals surface area contributed by atoms with Gasteiger partial charge in [-0.1, -0.05) is 6.08 Å². The standard InChI is InChI=1S/C9H13N3O3/c1-2-5-10-7(13)4-3-6-8(14)11-12-9(6)15/h2,6H,1,3-5H2,(H,10,13)(H,11,14)(H,12,15). The monoisotopic (exact) mass is 211 g/mol. The minimum Gasteiger partial charge on any atom is -0.353 e. The van der Waals surface area contributed by atoms with Gasteiger partial charge in [0.25, 0.3) is 11.8 Å². The summed E-state index contributed by atoms with van der Waals surface area (Å²) in [5.74, 6) is -1.70. The molecule has 0 radical (unpaired) electrons. The Kier molecular flexibility index (Phi) is 3.84. The van der Waals surface area contributed by atoms with E-state index in [1.54, 1.807) is 6.08 Å². The normalized spacial score (nSPS) is 15.7. The zero-order valence-electron chi connectivity index (χ0n) is 8.21. The van der Waals surface area contributed by atoms with Crippen LogP contribution in [0.3, 0.4) is 0 Å². The minimum absolute atomic E-state index is 0.152. The van der Waals surface area contributed by atoms with Crippen LogP contribution in [0.25, 0.3) is 0 Å². The Labute approximate surface area is 87.1 Å². The summed E-state index contributed by atoms with van der Waals surface area (Å²) in [6, 6.07) is 0. The van der Waals surface area contributed by atoms with Crippen LogP contribution in [0, 0.1) is 5.92 Å². The molecular formula is C9H13N3O3. The third-order valence-electron chi connectivity index (χ3n) is 2.05. The van der Waals surface area contributed by atoms with Gasteiger partial charge in [-0.3, -0.25) is 25.2 Å². The van der Waals surface area contributed by atoms with Crippen molar-refractivity contribution in [2.75, 3.05) is 6.54 Å². The van der Waals surface area contributed by atoms with Gasteiger partial charge in [0.1, 0.15) is 5.92 Å². The lowest BCUT2D eigenvalue weighted by Gasteiger charge is -2.04. The Balaban J connectivity index is 2.30. The highest BCUT2D eigenvalue weighted by Crippen LogP contribution is 2.09. The summed E-state index contributed by atoms with van der Waals surface area (Å²) in [5, 5.41) is 2.57. The van der Waals surface area contributed by atoms with Crippen molar-refractivity contribution in [3.63, 3.8) is 0 Å². The summed E-state index contributed by atoms with van der Waals surface area (Å²) in [5.41, 5.74) is 4.40. The molecule has 1 rings (SSSR count). The molecule has 3 N–H and O–H groups in total. The predicted octanol–water partition coefficient (Wildman–Crippen LogP) is -1.15. The molecule has 0 spiro atoms. The lowest BCUT2D eigenvalue weighted by Crippen LogP contribution is -2.28. The first kappa shape index (κ1) is 11.2. The second kappa shape index (κ2) is 5.14. The molecule has 15 heavy (non-hydrogen) atoms. The molecule has 1 aliphatic heterocycles. The Bertz CT molecular complexity index is 285. The highest BCUT2D eigenvalue weighted by Gasteiger charge is 2.32. The smallest absolute Gasteiger partial charge is 0.251 e. The number of hydrogen-bond donors (Lipinski definition) is 3. The van der Waals surface area contributed by atoms with Gasteiger partial charge >= 0.3 is 0 Å². The van der Waals surface area contributed by atoms with Crippen LogP contribution in [0.2, 0.25) is 0 Å². The zero-order chi connectivity index (χ0) is 11.3. The molecule has 0 aromatic rings. The summed E-state index contributed by atoms with van der Waals surface area (Å²) in [7, 11) is 0. The molecule has 0 bridgehead atoms. The zero-order valence-corrected chi connectivity index (χ0v) is 8.21. The van der Waals surface area contributed by atoms with Crippen molar-refractivity contribution in [3.05, 3.63) is 12.7 Å². The number of hydrogen-bond acceptors (Lipinski definition) is 3. The molecule has 0 atom stereocenters. The van der Waals surface area contributed by atoms with Crippen LogP contribution >= 0.6 is 0 Å². The van der Waals surface area contributed by atoms with Gasteiger partial charge in [0.2, 0.25) is 5.91 Å². The molecule has 1 aliphatic rings. The van der Waals surface area contributed by atoms with E-state index in [0.717, 1.165) is 0 Å². The molecule has 1 heterocycles. The van der Waals surface area contributed by atoms with Crippen molar-refractivity contribution in [3.8, 4) is 0 Å². The number of rotatable bonds is 5. The molecule has 6 nitrogen and oxygen atoms in total. The SMILES string of the molecule is C=CCNC(=O)CCC1C(=O)NNC1=O. The first-order valence-corrected chi connectivity index (χ1v) is 4.62. The van der Waals surface area contributed by atoms with Crippen LogP contribution in [0.5, 0.6) is 0 Å². The first-order valence-electron chi connectivity index (χ1n) is 4.62. The van der Waals surface area contributed by atoms with Crippen molar-refractivity contribution in [1.82, 2.24) is 16.2 Å². The number of amides is 3. The van der Waals surface area contributed by atoms with E-state index in [-0.39, 0.29) is 30.6 Å². The summed E-state index contributed by atoms with van der Waals surface area (Å²) in [6.45, 7) is 3.84. The summed E-state index contributed by atoms with van der Waals surface area (Å²) in [4.78, 5) is 33.3. The maximum absolute atomic E-state index is 11.1. The Morgan fingerprint density at radius 2 is 2.00 bits per heavy atom. The van der Waals surface area contributed by atoms with E-state index in [1.807, 2.05) is 0 Å². The first-order chi connectivity index (χ1) is 7.15. The van der Waals surface area contributed by atoms with Crippen LogP contribution in [-0.4, -0.2) is 24.3 Å². The van der Waals surface area contributed by atoms with Gasteiger partial charge in [-0.2, -0.15) is 0 Å². The van der Waals surface area contributed by atoms with Crippen LogP contribution < -0.4 is 16.2 Å². The van der Waals surface area contributed by atoms with E-state index in [0.29, 0.717) is 6.54 Å². The number of nitrogens with one attached hydrogen (secondary N) is 3. The van der Waals surface area contributed by atoms with E-state index < -0.39 is 5.92 Å². The lowest BCUT2D eigenvalue weighted by molar-refractivity contribution is -0.128. The van der Waals surface area contributed by atoms with Crippen LogP contribution in [-0.2, 0) is 14.4 Å². The molecule has 0 aromatic heterocycles. The molecule has 3 amide bonds. The van der Waals surface area contributed by atoms with Gasteiger partial charge in [0.15, 0.2) is 0 Å². The number of carbonyl (C=O) groups is 3. The van der Waals surface area contributed by atoms with E-state index >= 15 is 0 Å². The van der Waals surface area contributed by atoms with Gasteiger partial charge < -0.3 is 5.32 Å². The van der Waals surface area contributed by atoms with Gasteiger partial charge in [-0.25, -0.2) is 0 Å². The van der Waals surface area contributed by atoms with Crippen molar-refractivity contribution in [1.29, 1.82) is 0 Å². The van der Waals surface area contributed by atoms with Crippen molar-refractivity contribution in [2.24, 2.45) is 5.92 Å². The topological polar surface area (TPSA) is 87.3 Å². The van der Waals surface area contributed by atoms with Gasteiger partial charge in [0.05, 0.1) is 0 Å². The van der Waals surface area contributed by atoms with Gasteiger partial charge in [-0.05, 0) is 6.42 Å². The van der Waals surface area contributed by atoms with E-state index in [1.165, 1.54) is 0 Å². The molecular weight excluding hydrogens is 198 g/mol. The quantitative estimate of drug-likeness (QED) is 0.396. The Hall–Kier alpha value is -1.85. The molecule has 1 fully saturated rings. The van der Waals surface area contributed by atoms with Crippen LogP contribution in [0.15, 0.2) is 12.7 Å². The van der Waals surface area contributed by atoms with E-state index in [2.05, 4.69) is 22.7 Å². The molecule has 6 heteroatoms. The summed E-state index contributed by atoms with van der Waals surface area (Å²) < 4.78 is 0. The largest absolute Gasteiger partial charge is 0.353 e. The maximum atomic E-state index is 11.1. The second-order valence-electron chi connectivity index (χ2n) is 3.16. The lowest BCUT2D eigenvalue weighted by atomic mass is 10.0. The van der Waals surface area contributed by atoms with E-state index in [9.17, 15) is 14.4 Å². The summed E-state index contributed by atoms with van der Waals surface area (Å²) >= 11 is 0. The fourth-order valence-electron chi connectivity index (χ4n) is 1.23. The van der Waals surface area contributed by atoms with Gasteiger partial charge in [-0.15, -0.1) is 6.58 Å². The number of hydrazine groups is 1.